The Hall–Kier alpha value is -4.60. The Morgan fingerprint density at radius 1 is 0.878 bits per heavy atom. The fourth-order valence-electron chi connectivity index (χ4n) is 5.78. The van der Waals surface area contributed by atoms with Crippen LogP contribution in [0.5, 0.6) is 0 Å². The normalized spacial score (nSPS) is 20.8. The van der Waals surface area contributed by atoms with Crippen LogP contribution in [0.3, 0.4) is 0 Å². The summed E-state index contributed by atoms with van der Waals surface area (Å²) in [5.74, 6) is -3.89. The Morgan fingerprint density at radius 2 is 1.56 bits per heavy atom. The molecule has 41 heavy (non-hydrogen) atoms. The predicted molar refractivity (Wildman–Crippen MR) is 148 cm³/mol. The van der Waals surface area contributed by atoms with Crippen molar-refractivity contribution in [1.82, 2.24) is 10.6 Å². The van der Waals surface area contributed by atoms with Crippen LogP contribution in [-0.4, -0.2) is 48.8 Å². The number of benzene rings is 1. The number of esters is 2. The smallest absolute Gasteiger partial charge is 0.338 e. The molecule has 1 aliphatic carbocycles. The molecule has 0 saturated carbocycles. The SMILES string of the molecule is C=CCOC(=O)C1=CC=C2C(=O)NC(=O)C2C1(C)CCCCCCc1c(C(=O)OCC=C)ccc2c1C(=O)NC2=O. The molecule has 1 aromatic carbocycles. The van der Waals surface area contributed by atoms with Crippen LogP contribution in [0.1, 0.15) is 75.7 Å². The van der Waals surface area contributed by atoms with Gasteiger partial charge in [-0.05, 0) is 37.0 Å². The van der Waals surface area contributed by atoms with Crippen molar-refractivity contribution in [1.29, 1.82) is 0 Å². The number of hydrogen-bond acceptors (Lipinski definition) is 8. The number of rotatable bonds is 13. The van der Waals surface area contributed by atoms with Crippen molar-refractivity contribution in [3.8, 4) is 0 Å². The number of nitrogens with one attached hydrogen (secondary N) is 2. The number of amides is 4. The minimum Gasteiger partial charge on any atom is -0.458 e. The lowest BCUT2D eigenvalue weighted by Gasteiger charge is -2.37. The zero-order chi connectivity index (χ0) is 29.7. The third-order valence-corrected chi connectivity index (χ3v) is 7.74. The molecule has 0 spiro atoms. The van der Waals surface area contributed by atoms with E-state index in [1.54, 1.807) is 13.0 Å². The highest BCUT2D eigenvalue weighted by Crippen LogP contribution is 2.49. The third-order valence-electron chi connectivity index (χ3n) is 7.74. The molecule has 2 N–H and O–H groups in total. The molecule has 3 aliphatic rings. The van der Waals surface area contributed by atoms with Crippen molar-refractivity contribution in [3.63, 3.8) is 0 Å². The van der Waals surface area contributed by atoms with Gasteiger partial charge in [0.25, 0.3) is 17.7 Å². The van der Waals surface area contributed by atoms with Crippen LogP contribution >= 0.6 is 0 Å². The molecule has 0 aromatic heterocycles. The van der Waals surface area contributed by atoms with Crippen molar-refractivity contribution < 1.29 is 38.2 Å². The zero-order valence-corrected chi connectivity index (χ0v) is 22.9. The molecule has 4 amide bonds. The summed E-state index contributed by atoms with van der Waals surface area (Å²) >= 11 is 0. The van der Waals surface area contributed by atoms with Crippen LogP contribution < -0.4 is 10.6 Å². The number of ether oxygens (including phenoxy) is 2. The second kappa shape index (κ2) is 12.3. The average molecular weight is 561 g/mol. The van der Waals surface area contributed by atoms with Crippen LogP contribution in [0.4, 0.5) is 0 Å². The first-order valence-corrected chi connectivity index (χ1v) is 13.5. The average Bonchev–Trinajstić information content (AvgIpc) is 3.41. The second-order valence-corrected chi connectivity index (χ2v) is 10.4. The van der Waals surface area contributed by atoms with Crippen molar-refractivity contribution in [2.24, 2.45) is 11.3 Å². The molecule has 10 heteroatoms. The highest BCUT2D eigenvalue weighted by atomic mass is 16.5. The van der Waals surface area contributed by atoms with Gasteiger partial charge in [-0.25, -0.2) is 9.59 Å². The van der Waals surface area contributed by atoms with Gasteiger partial charge in [0.1, 0.15) is 13.2 Å². The molecule has 2 heterocycles. The van der Waals surface area contributed by atoms with Gasteiger partial charge >= 0.3 is 11.9 Å². The van der Waals surface area contributed by atoms with Crippen LogP contribution in [0, 0.1) is 11.3 Å². The summed E-state index contributed by atoms with van der Waals surface area (Å²) in [5.41, 5.74) is 0.836. The fourth-order valence-corrected chi connectivity index (χ4v) is 5.78. The molecule has 10 nitrogen and oxygen atoms in total. The molecule has 4 rings (SSSR count). The largest absolute Gasteiger partial charge is 0.458 e. The first-order valence-electron chi connectivity index (χ1n) is 13.5. The molecule has 0 radical (unpaired) electrons. The molecule has 2 atom stereocenters. The zero-order valence-electron chi connectivity index (χ0n) is 22.9. The van der Waals surface area contributed by atoms with E-state index in [0.29, 0.717) is 55.2 Å². The quantitative estimate of drug-likeness (QED) is 0.162. The van der Waals surface area contributed by atoms with Gasteiger partial charge in [0.15, 0.2) is 0 Å². The van der Waals surface area contributed by atoms with E-state index in [-0.39, 0.29) is 29.9 Å². The van der Waals surface area contributed by atoms with E-state index in [1.165, 1.54) is 30.4 Å². The summed E-state index contributed by atoms with van der Waals surface area (Å²) in [6.45, 7) is 8.93. The Morgan fingerprint density at radius 3 is 2.27 bits per heavy atom. The summed E-state index contributed by atoms with van der Waals surface area (Å²) in [4.78, 5) is 75.2. The minimum atomic E-state index is -0.945. The van der Waals surface area contributed by atoms with Crippen molar-refractivity contribution in [2.45, 2.75) is 45.4 Å². The van der Waals surface area contributed by atoms with E-state index < -0.39 is 46.9 Å². The van der Waals surface area contributed by atoms with E-state index in [0.717, 1.165) is 0 Å². The molecule has 2 unspecified atom stereocenters. The Labute approximate surface area is 237 Å². The summed E-state index contributed by atoms with van der Waals surface area (Å²) < 4.78 is 10.5. The summed E-state index contributed by atoms with van der Waals surface area (Å²) in [6, 6.07) is 2.95. The molecule has 0 bridgehead atoms. The Bertz CT molecular complexity index is 1420. The van der Waals surface area contributed by atoms with Crippen LogP contribution in [0.15, 0.2) is 60.7 Å². The summed E-state index contributed by atoms with van der Waals surface area (Å²) in [7, 11) is 0. The van der Waals surface area contributed by atoms with Gasteiger partial charge < -0.3 is 9.47 Å². The molecule has 214 valence electrons. The van der Waals surface area contributed by atoms with Crippen molar-refractivity contribution >= 4 is 35.6 Å². The lowest BCUT2D eigenvalue weighted by molar-refractivity contribution is -0.140. The molecule has 1 fully saturated rings. The van der Waals surface area contributed by atoms with E-state index in [2.05, 4.69) is 23.8 Å². The highest BCUT2D eigenvalue weighted by molar-refractivity contribution is 6.23. The van der Waals surface area contributed by atoms with Crippen molar-refractivity contribution in [3.05, 3.63) is 83.0 Å². The van der Waals surface area contributed by atoms with Crippen LogP contribution in [0.2, 0.25) is 0 Å². The first kappa shape index (κ1) is 29.4. The first-order chi connectivity index (χ1) is 19.6. The molecule has 2 aliphatic heterocycles. The molecular formula is C31H32N2O8. The van der Waals surface area contributed by atoms with Gasteiger partial charge in [-0.1, -0.05) is 63.6 Å². The van der Waals surface area contributed by atoms with E-state index in [1.807, 2.05) is 0 Å². The number of fused-ring (bicyclic) bond motifs is 2. The Balaban J connectivity index is 1.44. The van der Waals surface area contributed by atoms with Crippen LogP contribution in [-0.2, 0) is 30.3 Å². The number of carbonyl (C=O) groups is 6. The van der Waals surface area contributed by atoms with Gasteiger partial charge in [-0.2, -0.15) is 0 Å². The highest BCUT2D eigenvalue weighted by Gasteiger charge is 2.53. The second-order valence-electron chi connectivity index (χ2n) is 10.4. The topological polar surface area (TPSA) is 145 Å². The molecule has 1 saturated heterocycles. The van der Waals surface area contributed by atoms with Gasteiger partial charge in [0.05, 0.1) is 22.6 Å². The summed E-state index contributed by atoms with van der Waals surface area (Å²) in [6.07, 6.45) is 9.43. The maximum Gasteiger partial charge on any atom is 0.338 e. The van der Waals surface area contributed by atoms with Crippen LogP contribution in [0.25, 0.3) is 0 Å². The summed E-state index contributed by atoms with van der Waals surface area (Å²) in [5, 5.41) is 4.63. The van der Waals surface area contributed by atoms with Gasteiger partial charge in [-0.15, -0.1) is 0 Å². The lowest BCUT2D eigenvalue weighted by atomic mass is 9.63. The van der Waals surface area contributed by atoms with E-state index in [9.17, 15) is 28.8 Å². The van der Waals surface area contributed by atoms with Crippen molar-refractivity contribution in [2.75, 3.05) is 13.2 Å². The maximum absolute atomic E-state index is 12.9. The van der Waals surface area contributed by atoms with E-state index in [4.69, 9.17) is 9.47 Å². The van der Waals surface area contributed by atoms with E-state index >= 15 is 0 Å². The van der Waals surface area contributed by atoms with Gasteiger partial charge in [-0.3, -0.25) is 29.8 Å². The number of hydrogen-bond donors (Lipinski definition) is 2. The maximum atomic E-state index is 12.9. The number of unbranched alkanes of at least 4 members (excludes halogenated alkanes) is 3. The number of allylic oxidation sites excluding steroid dienone is 2. The monoisotopic (exact) mass is 560 g/mol. The number of carbonyl (C=O) groups excluding carboxylic acids is 6. The standard InChI is InChI=1S/C31H32N2O8/c1-4-16-40-29(38)19-11-12-20-23(27(36)32-25(20)34)18(19)10-8-6-7-9-15-31(3)22(30(39)41-17-5-2)14-13-21-24(31)28(37)33-26(21)35/h4-5,11-14,24H,1-2,6-10,15-17H2,3H3,(H,32,34,36)(H,33,35,37). The Kier molecular flexibility index (Phi) is 8.80. The lowest BCUT2D eigenvalue weighted by Crippen LogP contribution is -2.40. The van der Waals surface area contributed by atoms with Gasteiger partial charge in [0.2, 0.25) is 5.91 Å². The predicted octanol–water partition coefficient (Wildman–Crippen LogP) is 3.28. The fraction of sp³-hybridized carbons (Fsp3) is 0.355. The minimum absolute atomic E-state index is 0.0122. The molecule has 1 aromatic rings. The van der Waals surface area contributed by atoms with Gasteiger partial charge in [0, 0.05) is 16.6 Å². The number of imide groups is 2. The molecular weight excluding hydrogens is 528 g/mol. The third kappa shape index (κ3) is 5.68.